The van der Waals surface area contributed by atoms with E-state index in [0.717, 1.165) is 22.1 Å². The summed E-state index contributed by atoms with van der Waals surface area (Å²) in [5, 5.41) is 2.88. The molecule has 1 atom stereocenters. The van der Waals surface area contributed by atoms with Gasteiger partial charge in [-0.2, -0.15) is 0 Å². The molecule has 1 fully saturated rings. The average Bonchev–Trinajstić information content (AvgIpc) is 2.77. The first-order valence-electron chi connectivity index (χ1n) is 5.35. The smallest absolute Gasteiger partial charge is 0.253 e. The van der Waals surface area contributed by atoms with Gasteiger partial charge < -0.3 is 10.1 Å². The fourth-order valence-corrected chi connectivity index (χ4v) is 2.19. The highest BCUT2D eigenvalue weighted by Crippen LogP contribution is 2.19. The zero-order valence-corrected chi connectivity index (χ0v) is 11.3. The van der Waals surface area contributed by atoms with Crippen LogP contribution in [0.15, 0.2) is 18.2 Å². The third-order valence-electron chi connectivity index (χ3n) is 2.66. The summed E-state index contributed by atoms with van der Waals surface area (Å²) in [6, 6.07) is 5.90. The maximum atomic E-state index is 11.8. The molecule has 1 amide bonds. The zero-order chi connectivity index (χ0) is 11.5. The number of rotatable bonds is 2. The van der Waals surface area contributed by atoms with Gasteiger partial charge >= 0.3 is 0 Å². The molecule has 4 heteroatoms. The molecule has 1 N–H and O–H groups in total. The molecule has 0 aromatic heterocycles. The zero-order valence-electron chi connectivity index (χ0n) is 9.13. The van der Waals surface area contributed by atoms with Crippen LogP contribution in [0.4, 0.5) is 5.69 Å². The van der Waals surface area contributed by atoms with Gasteiger partial charge in [0.25, 0.3) is 5.91 Å². The Morgan fingerprint density at radius 2 is 2.38 bits per heavy atom. The Hall–Kier alpha value is -0.620. The molecule has 1 aromatic carbocycles. The molecule has 3 nitrogen and oxygen atoms in total. The normalized spacial score (nSPS) is 19.8. The second-order valence-corrected chi connectivity index (χ2v) is 5.12. The van der Waals surface area contributed by atoms with Gasteiger partial charge in [-0.1, -0.05) is 6.07 Å². The highest BCUT2D eigenvalue weighted by Gasteiger charge is 2.23. The minimum absolute atomic E-state index is 0.0304. The van der Waals surface area contributed by atoms with Crippen LogP contribution in [0.3, 0.4) is 0 Å². The van der Waals surface area contributed by atoms with Gasteiger partial charge in [-0.15, -0.1) is 0 Å². The number of hydrogen-bond donors (Lipinski definition) is 1. The Morgan fingerprint density at radius 3 is 3.00 bits per heavy atom. The van der Waals surface area contributed by atoms with E-state index < -0.39 is 0 Å². The summed E-state index contributed by atoms with van der Waals surface area (Å²) in [7, 11) is 0. The molecule has 1 saturated heterocycles. The number of amides is 1. The Labute approximate surface area is 109 Å². The average molecular weight is 331 g/mol. The number of carbonyl (C=O) groups excluding carboxylic acids is 1. The molecule has 0 spiro atoms. The Morgan fingerprint density at radius 1 is 1.56 bits per heavy atom. The van der Waals surface area contributed by atoms with Crippen molar-refractivity contribution in [2.75, 3.05) is 11.9 Å². The quantitative estimate of drug-likeness (QED) is 0.847. The molecule has 1 aliphatic heterocycles. The van der Waals surface area contributed by atoms with E-state index in [1.807, 2.05) is 25.1 Å². The van der Waals surface area contributed by atoms with Crippen LogP contribution in [0.25, 0.3) is 0 Å². The van der Waals surface area contributed by atoms with Gasteiger partial charge in [0.2, 0.25) is 0 Å². The lowest BCUT2D eigenvalue weighted by Gasteiger charge is -2.11. The van der Waals surface area contributed by atoms with Crippen LogP contribution < -0.4 is 5.32 Å². The fourth-order valence-electron chi connectivity index (χ4n) is 1.68. The Balaban J connectivity index is 2.02. The largest absolute Gasteiger partial charge is 0.368 e. The SMILES string of the molecule is Cc1ccc(NC(=O)[C@@H]2CCCO2)cc1I. The highest BCUT2D eigenvalue weighted by atomic mass is 127. The van der Waals surface area contributed by atoms with E-state index in [2.05, 4.69) is 27.9 Å². The van der Waals surface area contributed by atoms with Crippen LogP contribution in [-0.2, 0) is 9.53 Å². The second kappa shape index (κ2) is 5.14. The van der Waals surface area contributed by atoms with Crippen molar-refractivity contribution in [2.45, 2.75) is 25.9 Å². The topological polar surface area (TPSA) is 38.3 Å². The van der Waals surface area contributed by atoms with Crippen molar-refractivity contribution in [3.8, 4) is 0 Å². The first-order chi connectivity index (χ1) is 7.66. The molecule has 16 heavy (non-hydrogen) atoms. The number of aryl methyl sites for hydroxylation is 1. The fraction of sp³-hybridized carbons (Fsp3) is 0.417. The van der Waals surface area contributed by atoms with E-state index in [1.54, 1.807) is 0 Å². The van der Waals surface area contributed by atoms with Crippen LogP contribution in [-0.4, -0.2) is 18.6 Å². The lowest BCUT2D eigenvalue weighted by molar-refractivity contribution is -0.124. The van der Waals surface area contributed by atoms with E-state index in [1.165, 1.54) is 5.56 Å². The van der Waals surface area contributed by atoms with Gasteiger partial charge in [-0.3, -0.25) is 4.79 Å². The molecule has 0 bridgehead atoms. The van der Waals surface area contributed by atoms with Crippen LogP contribution in [0, 0.1) is 10.5 Å². The van der Waals surface area contributed by atoms with Crippen molar-refractivity contribution in [3.05, 3.63) is 27.3 Å². The number of ether oxygens (including phenoxy) is 1. The van der Waals surface area contributed by atoms with Crippen molar-refractivity contribution in [1.29, 1.82) is 0 Å². The predicted octanol–water partition coefficient (Wildman–Crippen LogP) is 2.72. The van der Waals surface area contributed by atoms with Crippen molar-refractivity contribution in [2.24, 2.45) is 0 Å². The number of nitrogens with one attached hydrogen (secondary N) is 1. The predicted molar refractivity (Wildman–Crippen MR) is 71.5 cm³/mol. The third-order valence-corrected chi connectivity index (χ3v) is 3.82. The number of benzene rings is 1. The lowest BCUT2D eigenvalue weighted by atomic mass is 10.2. The molecule has 0 saturated carbocycles. The first-order valence-corrected chi connectivity index (χ1v) is 6.43. The minimum Gasteiger partial charge on any atom is -0.368 e. The Kier molecular flexibility index (Phi) is 3.81. The number of hydrogen-bond acceptors (Lipinski definition) is 2. The van der Waals surface area contributed by atoms with Gasteiger partial charge in [-0.05, 0) is 60.1 Å². The maximum Gasteiger partial charge on any atom is 0.253 e. The third kappa shape index (κ3) is 2.74. The van der Waals surface area contributed by atoms with Gasteiger partial charge in [0.15, 0.2) is 0 Å². The van der Waals surface area contributed by atoms with E-state index in [0.29, 0.717) is 6.61 Å². The van der Waals surface area contributed by atoms with E-state index in [9.17, 15) is 4.79 Å². The summed E-state index contributed by atoms with van der Waals surface area (Å²) in [6.45, 7) is 2.75. The van der Waals surface area contributed by atoms with Crippen molar-refractivity contribution in [3.63, 3.8) is 0 Å². The maximum absolute atomic E-state index is 11.8. The molecule has 1 aromatic rings. The van der Waals surface area contributed by atoms with Gasteiger partial charge in [-0.25, -0.2) is 0 Å². The standard InChI is InChI=1S/C12H14INO2/c1-8-4-5-9(7-10(8)13)14-12(15)11-3-2-6-16-11/h4-5,7,11H,2-3,6H2,1H3,(H,14,15)/t11-/m0/s1. The summed E-state index contributed by atoms with van der Waals surface area (Å²) in [5.74, 6) is -0.0304. The number of halogens is 1. The van der Waals surface area contributed by atoms with Crippen LogP contribution in [0.2, 0.25) is 0 Å². The summed E-state index contributed by atoms with van der Waals surface area (Å²) >= 11 is 2.26. The molecular weight excluding hydrogens is 317 g/mol. The summed E-state index contributed by atoms with van der Waals surface area (Å²) in [5.41, 5.74) is 2.06. The summed E-state index contributed by atoms with van der Waals surface area (Å²) < 4.78 is 6.48. The molecule has 0 radical (unpaired) electrons. The van der Waals surface area contributed by atoms with Crippen molar-refractivity contribution < 1.29 is 9.53 Å². The van der Waals surface area contributed by atoms with E-state index in [4.69, 9.17) is 4.74 Å². The van der Waals surface area contributed by atoms with Crippen LogP contribution in [0.5, 0.6) is 0 Å². The summed E-state index contributed by atoms with van der Waals surface area (Å²) in [4.78, 5) is 11.8. The van der Waals surface area contributed by atoms with Gasteiger partial charge in [0, 0.05) is 15.9 Å². The lowest BCUT2D eigenvalue weighted by Crippen LogP contribution is -2.26. The molecule has 0 aliphatic carbocycles. The van der Waals surface area contributed by atoms with Crippen LogP contribution in [0.1, 0.15) is 18.4 Å². The number of carbonyl (C=O) groups is 1. The van der Waals surface area contributed by atoms with Crippen molar-refractivity contribution in [1.82, 2.24) is 0 Å². The molecule has 2 rings (SSSR count). The first kappa shape index (κ1) is 11.9. The van der Waals surface area contributed by atoms with E-state index in [-0.39, 0.29) is 12.0 Å². The second-order valence-electron chi connectivity index (χ2n) is 3.95. The van der Waals surface area contributed by atoms with Crippen LogP contribution >= 0.6 is 22.6 Å². The van der Waals surface area contributed by atoms with E-state index >= 15 is 0 Å². The van der Waals surface area contributed by atoms with Gasteiger partial charge in [0.05, 0.1) is 0 Å². The molecule has 1 aliphatic rings. The highest BCUT2D eigenvalue weighted by molar-refractivity contribution is 14.1. The molecule has 1 heterocycles. The van der Waals surface area contributed by atoms with Crippen molar-refractivity contribution >= 4 is 34.2 Å². The van der Waals surface area contributed by atoms with Gasteiger partial charge in [0.1, 0.15) is 6.10 Å². The Bertz CT molecular complexity index is 400. The molecular formula is C12H14INO2. The minimum atomic E-state index is -0.265. The number of anilines is 1. The molecule has 86 valence electrons. The monoisotopic (exact) mass is 331 g/mol. The summed E-state index contributed by atoms with van der Waals surface area (Å²) in [6.07, 6.45) is 1.54. The molecule has 0 unspecified atom stereocenters.